The van der Waals surface area contributed by atoms with Crippen molar-refractivity contribution in [1.82, 2.24) is 10.2 Å². The topological polar surface area (TPSA) is 104 Å². The van der Waals surface area contributed by atoms with E-state index in [0.29, 0.717) is 30.5 Å². The van der Waals surface area contributed by atoms with E-state index in [2.05, 4.69) is 5.32 Å². The van der Waals surface area contributed by atoms with E-state index < -0.39 is 5.97 Å². The minimum atomic E-state index is -0.742. The minimum Gasteiger partial charge on any atom is -0.481 e. The van der Waals surface area contributed by atoms with Crippen molar-refractivity contribution in [3.05, 3.63) is 35.4 Å². The number of fused-ring (bicyclic) bond motifs is 1. The number of nitrogens with one attached hydrogen (secondary N) is 1. The van der Waals surface area contributed by atoms with Crippen molar-refractivity contribution in [2.75, 3.05) is 13.1 Å². The Hall–Kier alpha value is -2.70. The van der Waals surface area contributed by atoms with Crippen LogP contribution in [0.4, 0.5) is 0 Å². The fourth-order valence-corrected chi connectivity index (χ4v) is 3.62. The number of carboxylic acids is 1. The smallest absolute Gasteiger partial charge is 0.306 e. The van der Waals surface area contributed by atoms with Crippen LogP contribution in [0.3, 0.4) is 0 Å². The number of carbonyl (C=O) groups is 4. The molecule has 3 rings (SSSR count). The Kier molecular flexibility index (Phi) is 5.35. The number of hydrogen-bond donors (Lipinski definition) is 2. The first-order valence-corrected chi connectivity index (χ1v) is 8.92. The molecule has 1 aliphatic carbocycles. The van der Waals surface area contributed by atoms with Crippen LogP contribution in [0, 0.1) is 11.8 Å². The molecule has 138 valence electrons. The zero-order chi connectivity index (χ0) is 18.7. The van der Waals surface area contributed by atoms with Crippen molar-refractivity contribution in [2.24, 2.45) is 11.8 Å². The van der Waals surface area contributed by atoms with Crippen LogP contribution >= 0.6 is 0 Å². The molecular formula is C19H22N2O5. The Morgan fingerprint density at radius 1 is 1.04 bits per heavy atom. The number of hydrogen-bond acceptors (Lipinski definition) is 4. The third kappa shape index (κ3) is 3.76. The number of amides is 3. The number of carbonyl (C=O) groups excluding carboxylic acids is 3. The molecule has 0 aromatic heterocycles. The van der Waals surface area contributed by atoms with Gasteiger partial charge in [-0.2, -0.15) is 0 Å². The lowest BCUT2D eigenvalue weighted by atomic mass is 9.82. The summed E-state index contributed by atoms with van der Waals surface area (Å²) in [5, 5.41) is 11.8. The van der Waals surface area contributed by atoms with Gasteiger partial charge in [0.05, 0.1) is 17.0 Å². The standard InChI is InChI=1S/C19H22N2O5/c22-16(20-11-12-5-7-13(8-6-12)19(25)26)9-10-21-17(23)14-3-1-2-4-15(14)18(21)24/h1-4,12-13H,5-11H2,(H,20,22)(H,25,26). The van der Waals surface area contributed by atoms with Crippen LogP contribution in [0.25, 0.3) is 0 Å². The lowest BCUT2D eigenvalue weighted by molar-refractivity contribution is -0.143. The third-order valence-corrected chi connectivity index (χ3v) is 5.22. The molecule has 3 amide bonds. The van der Waals surface area contributed by atoms with Crippen molar-refractivity contribution in [3.63, 3.8) is 0 Å². The molecule has 1 saturated carbocycles. The van der Waals surface area contributed by atoms with Gasteiger partial charge in [0.15, 0.2) is 0 Å². The lowest BCUT2D eigenvalue weighted by Gasteiger charge is -2.26. The Morgan fingerprint density at radius 2 is 1.62 bits per heavy atom. The molecule has 0 unspecified atom stereocenters. The lowest BCUT2D eigenvalue weighted by Crippen LogP contribution is -2.36. The molecule has 7 heteroatoms. The van der Waals surface area contributed by atoms with Gasteiger partial charge < -0.3 is 10.4 Å². The van der Waals surface area contributed by atoms with Crippen LogP contribution in [-0.2, 0) is 9.59 Å². The zero-order valence-electron chi connectivity index (χ0n) is 14.4. The van der Waals surface area contributed by atoms with Crippen LogP contribution in [0.1, 0.15) is 52.8 Å². The highest BCUT2D eigenvalue weighted by atomic mass is 16.4. The van der Waals surface area contributed by atoms with Crippen LogP contribution in [0.2, 0.25) is 0 Å². The summed E-state index contributed by atoms with van der Waals surface area (Å²) in [6, 6.07) is 6.64. The van der Waals surface area contributed by atoms with Gasteiger partial charge in [-0.05, 0) is 43.7 Å². The summed E-state index contributed by atoms with van der Waals surface area (Å²) in [6.45, 7) is 0.567. The Morgan fingerprint density at radius 3 is 2.15 bits per heavy atom. The first-order chi connectivity index (χ1) is 12.5. The molecule has 1 heterocycles. The van der Waals surface area contributed by atoms with Crippen LogP contribution < -0.4 is 5.32 Å². The van der Waals surface area contributed by atoms with E-state index in [9.17, 15) is 19.2 Å². The summed E-state index contributed by atoms with van der Waals surface area (Å²) in [5.41, 5.74) is 0.765. The number of carboxylic acid groups (broad SMARTS) is 1. The quantitative estimate of drug-likeness (QED) is 0.753. The number of imide groups is 1. The zero-order valence-corrected chi connectivity index (χ0v) is 14.4. The molecule has 0 radical (unpaired) electrons. The van der Waals surface area contributed by atoms with Crippen molar-refractivity contribution in [3.8, 4) is 0 Å². The second-order valence-electron chi connectivity index (χ2n) is 6.92. The number of benzene rings is 1. The predicted octanol–water partition coefficient (Wildman–Crippen LogP) is 1.68. The molecule has 1 fully saturated rings. The van der Waals surface area contributed by atoms with Crippen molar-refractivity contribution in [1.29, 1.82) is 0 Å². The molecule has 7 nitrogen and oxygen atoms in total. The molecule has 0 bridgehead atoms. The van der Waals surface area contributed by atoms with E-state index in [-0.39, 0.29) is 42.5 Å². The fraction of sp³-hybridized carbons (Fsp3) is 0.474. The summed E-state index contributed by atoms with van der Waals surface area (Å²) < 4.78 is 0. The van der Waals surface area contributed by atoms with Gasteiger partial charge in [-0.1, -0.05) is 12.1 Å². The second kappa shape index (κ2) is 7.68. The average molecular weight is 358 g/mol. The van der Waals surface area contributed by atoms with Crippen molar-refractivity contribution < 1.29 is 24.3 Å². The van der Waals surface area contributed by atoms with Crippen LogP contribution in [0.5, 0.6) is 0 Å². The number of rotatable bonds is 6. The van der Waals surface area contributed by atoms with E-state index in [1.165, 1.54) is 0 Å². The van der Waals surface area contributed by atoms with E-state index in [1.54, 1.807) is 24.3 Å². The Balaban J connectivity index is 1.42. The van der Waals surface area contributed by atoms with Gasteiger partial charge >= 0.3 is 5.97 Å². The van der Waals surface area contributed by atoms with E-state index in [1.807, 2.05) is 0 Å². The molecule has 1 aliphatic heterocycles. The van der Waals surface area contributed by atoms with Crippen LogP contribution in [-0.4, -0.2) is 46.8 Å². The van der Waals surface area contributed by atoms with Gasteiger partial charge in [-0.15, -0.1) is 0 Å². The van der Waals surface area contributed by atoms with Crippen molar-refractivity contribution >= 4 is 23.7 Å². The monoisotopic (exact) mass is 358 g/mol. The molecule has 0 spiro atoms. The van der Waals surface area contributed by atoms with Crippen molar-refractivity contribution in [2.45, 2.75) is 32.1 Å². The highest BCUT2D eigenvalue weighted by Gasteiger charge is 2.35. The molecule has 0 saturated heterocycles. The normalized spacial score (nSPS) is 22.2. The molecule has 2 N–H and O–H groups in total. The first-order valence-electron chi connectivity index (χ1n) is 8.92. The SMILES string of the molecule is O=C(CCN1C(=O)c2ccccc2C1=O)NCC1CCC(C(=O)O)CC1. The third-order valence-electron chi connectivity index (χ3n) is 5.22. The number of nitrogens with zero attached hydrogens (tertiary/aromatic N) is 1. The van der Waals surface area contributed by atoms with Gasteiger partial charge in [0, 0.05) is 19.5 Å². The summed E-state index contributed by atoms with van der Waals surface area (Å²) in [7, 11) is 0. The van der Waals surface area contributed by atoms with Gasteiger partial charge in [-0.3, -0.25) is 24.1 Å². The second-order valence-corrected chi connectivity index (χ2v) is 6.92. The maximum atomic E-state index is 12.2. The minimum absolute atomic E-state index is 0.0595. The van der Waals surface area contributed by atoms with Crippen LogP contribution in [0.15, 0.2) is 24.3 Å². The summed E-state index contributed by atoms with van der Waals surface area (Å²) >= 11 is 0. The summed E-state index contributed by atoms with van der Waals surface area (Å²) in [6.07, 6.45) is 2.93. The average Bonchev–Trinajstić information content (AvgIpc) is 2.89. The van der Waals surface area contributed by atoms with Gasteiger partial charge in [0.1, 0.15) is 0 Å². The summed E-state index contributed by atoms with van der Waals surface area (Å²) in [5.74, 6) is -1.64. The van der Waals surface area contributed by atoms with E-state index >= 15 is 0 Å². The largest absolute Gasteiger partial charge is 0.481 e. The molecule has 0 atom stereocenters. The summed E-state index contributed by atoms with van der Waals surface area (Å²) in [4.78, 5) is 48.6. The fourth-order valence-electron chi connectivity index (χ4n) is 3.62. The van der Waals surface area contributed by atoms with Gasteiger partial charge in [0.2, 0.25) is 5.91 Å². The molecular weight excluding hydrogens is 336 g/mol. The number of aliphatic carboxylic acids is 1. The highest BCUT2D eigenvalue weighted by Crippen LogP contribution is 2.28. The Labute approximate surface area is 151 Å². The first kappa shape index (κ1) is 18.1. The maximum absolute atomic E-state index is 12.2. The van der Waals surface area contributed by atoms with Gasteiger partial charge in [0.25, 0.3) is 11.8 Å². The van der Waals surface area contributed by atoms with E-state index in [0.717, 1.165) is 17.7 Å². The van der Waals surface area contributed by atoms with Gasteiger partial charge in [-0.25, -0.2) is 0 Å². The maximum Gasteiger partial charge on any atom is 0.306 e. The molecule has 1 aromatic carbocycles. The Bertz CT molecular complexity index is 702. The molecule has 26 heavy (non-hydrogen) atoms. The molecule has 2 aliphatic rings. The predicted molar refractivity (Wildman–Crippen MR) is 92.5 cm³/mol. The van der Waals surface area contributed by atoms with E-state index in [4.69, 9.17) is 5.11 Å². The highest BCUT2D eigenvalue weighted by molar-refractivity contribution is 6.21. The molecule has 1 aromatic rings.